The van der Waals surface area contributed by atoms with Gasteiger partial charge in [0.25, 0.3) is 0 Å². The first kappa shape index (κ1) is 20.8. The van der Waals surface area contributed by atoms with Crippen LogP contribution in [-0.4, -0.2) is 44.5 Å². The van der Waals surface area contributed by atoms with E-state index in [1.807, 2.05) is 0 Å². The van der Waals surface area contributed by atoms with Gasteiger partial charge in [-0.25, -0.2) is 4.79 Å². The van der Waals surface area contributed by atoms with Gasteiger partial charge in [0.05, 0.1) is 15.4 Å². The molecule has 0 fully saturated rings. The maximum atomic E-state index is 11.2. The Bertz CT molecular complexity index is 351. The SMILES string of the molecule is C=C(C)C(=O)OCCC[SiH](C)CO[Si](C)(C)O[Si](C)(C)C. The van der Waals surface area contributed by atoms with Gasteiger partial charge in [-0.15, -0.1) is 0 Å². The minimum atomic E-state index is -1.98. The summed E-state index contributed by atoms with van der Waals surface area (Å²) in [6, 6.07) is 1.11. The summed E-state index contributed by atoms with van der Waals surface area (Å²) in [4.78, 5) is 11.2. The van der Waals surface area contributed by atoms with E-state index in [4.69, 9.17) is 13.3 Å². The number of hydrogen-bond acceptors (Lipinski definition) is 4. The molecule has 124 valence electrons. The fraction of sp³-hybridized carbons (Fsp3) is 0.786. The van der Waals surface area contributed by atoms with E-state index < -0.39 is 25.7 Å². The first-order valence-electron chi connectivity index (χ1n) is 7.60. The van der Waals surface area contributed by atoms with Crippen molar-refractivity contribution in [2.24, 2.45) is 0 Å². The van der Waals surface area contributed by atoms with Crippen LogP contribution in [0, 0.1) is 0 Å². The molecule has 0 aliphatic heterocycles. The van der Waals surface area contributed by atoms with Gasteiger partial charge < -0.3 is 13.3 Å². The van der Waals surface area contributed by atoms with Crippen molar-refractivity contribution in [3.63, 3.8) is 0 Å². The van der Waals surface area contributed by atoms with Crippen LogP contribution in [0.25, 0.3) is 0 Å². The smallest absolute Gasteiger partial charge is 0.333 e. The van der Waals surface area contributed by atoms with E-state index in [-0.39, 0.29) is 5.97 Å². The van der Waals surface area contributed by atoms with Crippen LogP contribution >= 0.6 is 0 Å². The van der Waals surface area contributed by atoms with Gasteiger partial charge in [0.1, 0.15) is 0 Å². The number of carbonyl (C=O) groups excluding carboxylic acids is 1. The summed E-state index contributed by atoms with van der Waals surface area (Å²) < 4.78 is 17.3. The van der Waals surface area contributed by atoms with Crippen LogP contribution in [0.4, 0.5) is 0 Å². The van der Waals surface area contributed by atoms with Crippen LogP contribution in [0.2, 0.25) is 45.3 Å². The van der Waals surface area contributed by atoms with Gasteiger partial charge in [-0.05, 0) is 46.1 Å². The molecule has 0 rings (SSSR count). The molecule has 0 radical (unpaired) electrons. The molecule has 1 atom stereocenters. The molecule has 0 spiro atoms. The topological polar surface area (TPSA) is 44.8 Å². The molecule has 0 aromatic carbocycles. The van der Waals surface area contributed by atoms with Crippen molar-refractivity contribution in [1.82, 2.24) is 0 Å². The number of carbonyl (C=O) groups is 1. The Morgan fingerprint density at radius 1 is 1.19 bits per heavy atom. The number of hydrogen-bond donors (Lipinski definition) is 0. The van der Waals surface area contributed by atoms with E-state index in [1.165, 1.54) is 0 Å². The Hall–Kier alpha value is -0.219. The molecule has 0 bridgehead atoms. The zero-order valence-electron chi connectivity index (χ0n) is 14.7. The van der Waals surface area contributed by atoms with Crippen molar-refractivity contribution < 1.29 is 18.1 Å². The molecule has 0 aromatic rings. The lowest BCUT2D eigenvalue weighted by molar-refractivity contribution is -0.138. The normalized spacial score (nSPS) is 13.9. The molecule has 21 heavy (non-hydrogen) atoms. The molecular weight excluding hydrogens is 316 g/mol. The van der Waals surface area contributed by atoms with Gasteiger partial charge in [0.15, 0.2) is 8.32 Å². The van der Waals surface area contributed by atoms with Crippen LogP contribution in [0.3, 0.4) is 0 Å². The minimum Gasteiger partial charge on any atom is -0.462 e. The Balaban J connectivity index is 3.87. The van der Waals surface area contributed by atoms with Gasteiger partial charge in [-0.2, -0.15) is 0 Å². The Morgan fingerprint density at radius 2 is 1.76 bits per heavy atom. The van der Waals surface area contributed by atoms with Gasteiger partial charge in [0, 0.05) is 11.8 Å². The van der Waals surface area contributed by atoms with Crippen LogP contribution in [-0.2, 0) is 18.1 Å². The molecule has 7 heteroatoms. The van der Waals surface area contributed by atoms with E-state index in [0.717, 1.165) is 18.7 Å². The highest BCUT2D eigenvalue weighted by Crippen LogP contribution is 2.15. The van der Waals surface area contributed by atoms with Crippen molar-refractivity contribution in [2.45, 2.75) is 58.7 Å². The summed E-state index contributed by atoms with van der Waals surface area (Å²) in [6.07, 6.45) is 1.75. The molecule has 0 aliphatic carbocycles. The number of ether oxygens (including phenoxy) is 1. The highest BCUT2D eigenvalue weighted by molar-refractivity contribution is 6.81. The fourth-order valence-electron chi connectivity index (χ4n) is 1.91. The van der Waals surface area contributed by atoms with E-state index in [1.54, 1.807) is 6.92 Å². The largest absolute Gasteiger partial charge is 0.462 e. The molecule has 0 N–H and O–H groups in total. The minimum absolute atomic E-state index is 0.294. The summed E-state index contributed by atoms with van der Waals surface area (Å²) in [6.45, 7) is 18.8. The lowest BCUT2D eigenvalue weighted by Gasteiger charge is -2.31. The van der Waals surface area contributed by atoms with Crippen molar-refractivity contribution in [3.05, 3.63) is 12.2 Å². The Morgan fingerprint density at radius 3 is 2.24 bits per heavy atom. The van der Waals surface area contributed by atoms with Crippen molar-refractivity contribution in [3.8, 4) is 0 Å². The van der Waals surface area contributed by atoms with Crippen molar-refractivity contribution in [2.75, 3.05) is 12.8 Å². The van der Waals surface area contributed by atoms with Crippen molar-refractivity contribution in [1.29, 1.82) is 0 Å². The summed E-state index contributed by atoms with van der Waals surface area (Å²) in [5.74, 6) is -0.294. The maximum absolute atomic E-state index is 11.2. The zero-order chi connectivity index (χ0) is 16.7. The van der Waals surface area contributed by atoms with E-state index in [9.17, 15) is 4.79 Å². The monoisotopic (exact) mass is 348 g/mol. The molecule has 0 aromatic heterocycles. The van der Waals surface area contributed by atoms with Crippen LogP contribution < -0.4 is 0 Å². The van der Waals surface area contributed by atoms with Crippen LogP contribution in [0.1, 0.15) is 13.3 Å². The highest BCUT2D eigenvalue weighted by atomic mass is 28.4. The fourth-order valence-corrected chi connectivity index (χ4v) is 11.8. The van der Waals surface area contributed by atoms with Crippen molar-refractivity contribution >= 4 is 31.6 Å². The highest BCUT2D eigenvalue weighted by Gasteiger charge is 2.31. The third kappa shape index (κ3) is 12.1. The van der Waals surface area contributed by atoms with Gasteiger partial charge in [0.2, 0.25) is 0 Å². The Kier molecular flexibility index (Phi) is 8.95. The second-order valence-electron chi connectivity index (χ2n) is 7.09. The maximum Gasteiger partial charge on any atom is 0.333 e. The van der Waals surface area contributed by atoms with Gasteiger partial charge in [-0.3, -0.25) is 0 Å². The van der Waals surface area contributed by atoms with E-state index in [0.29, 0.717) is 12.2 Å². The molecule has 0 saturated heterocycles. The molecule has 0 aliphatic rings. The summed E-state index contributed by atoms with van der Waals surface area (Å²) in [5.41, 5.74) is 0.458. The quantitative estimate of drug-likeness (QED) is 0.262. The molecule has 4 nitrogen and oxygen atoms in total. The average Bonchev–Trinajstić information content (AvgIpc) is 2.28. The van der Waals surface area contributed by atoms with Gasteiger partial charge in [-0.1, -0.05) is 19.2 Å². The molecule has 0 saturated carbocycles. The number of esters is 1. The van der Waals surface area contributed by atoms with Gasteiger partial charge >= 0.3 is 14.5 Å². The Labute approximate surface area is 133 Å². The summed E-state index contributed by atoms with van der Waals surface area (Å²) in [5, 5.41) is 0. The second kappa shape index (κ2) is 9.04. The third-order valence-electron chi connectivity index (χ3n) is 2.69. The molecular formula is C14H32O4Si3. The predicted octanol–water partition coefficient (Wildman–Crippen LogP) is 3.46. The molecule has 0 heterocycles. The standard InChI is InChI=1S/C14H32O4Si3/c1-13(2)14(15)16-10-9-11-19(3)12-17-21(7,8)18-20(4,5)6/h19H,1,9-12H2,2-8H3. The zero-order valence-corrected chi connectivity index (χ0v) is 17.9. The number of rotatable bonds is 10. The van der Waals surface area contributed by atoms with E-state index >= 15 is 0 Å². The third-order valence-corrected chi connectivity index (χ3v) is 10.4. The summed E-state index contributed by atoms with van der Waals surface area (Å²) >= 11 is 0. The first-order chi connectivity index (χ1) is 9.43. The lowest BCUT2D eigenvalue weighted by atomic mass is 10.4. The lowest BCUT2D eigenvalue weighted by Crippen LogP contribution is -2.46. The van der Waals surface area contributed by atoms with E-state index in [2.05, 4.69) is 45.9 Å². The predicted molar refractivity (Wildman–Crippen MR) is 96.1 cm³/mol. The molecule has 1 unspecified atom stereocenters. The first-order valence-corrected chi connectivity index (χ1v) is 16.6. The van der Waals surface area contributed by atoms with Crippen LogP contribution in [0.5, 0.6) is 0 Å². The van der Waals surface area contributed by atoms with Crippen LogP contribution in [0.15, 0.2) is 12.2 Å². The molecule has 0 amide bonds. The summed E-state index contributed by atoms with van der Waals surface area (Å²) in [7, 11) is -4.44. The average molecular weight is 349 g/mol. The second-order valence-corrected chi connectivity index (χ2v) is 18.3.